The minimum atomic E-state index is -0.207. The molecule has 0 heterocycles. The predicted octanol–water partition coefficient (Wildman–Crippen LogP) is 8.22. The van der Waals surface area contributed by atoms with Gasteiger partial charge < -0.3 is 5.11 Å². The van der Waals surface area contributed by atoms with E-state index in [2.05, 4.69) is 27.7 Å². The van der Waals surface area contributed by atoms with E-state index in [4.69, 9.17) is 0 Å². The molecule has 170 valence electrons. The summed E-state index contributed by atoms with van der Waals surface area (Å²) in [5, 5.41) is 10.8. The summed E-state index contributed by atoms with van der Waals surface area (Å²) in [5.41, 5.74) is 0. The van der Waals surface area contributed by atoms with E-state index >= 15 is 0 Å². The van der Waals surface area contributed by atoms with Gasteiger partial charge in [-0.3, -0.25) is 4.48 Å². The van der Waals surface area contributed by atoms with Crippen molar-refractivity contribution in [3.8, 4) is 0 Å². The summed E-state index contributed by atoms with van der Waals surface area (Å²) >= 11 is 0. The number of rotatable bonds is 22. The smallest absolute Gasteiger partial charge is 0.187 e. The molecule has 0 aliphatic heterocycles. The van der Waals surface area contributed by atoms with E-state index in [1.807, 2.05) is 0 Å². The minimum Gasteiger partial charge on any atom is -0.345 e. The Kier molecular flexibility index (Phi) is 20.1. The van der Waals surface area contributed by atoms with E-state index in [0.717, 1.165) is 4.48 Å². The normalized spacial score (nSPS) is 13.2. The maximum Gasteiger partial charge on any atom is 0.187 e. The van der Waals surface area contributed by atoms with Crippen molar-refractivity contribution in [1.29, 1.82) is 0 Å². The number of hydrogen-bond acceptors (Lipinski definition) is 1. The molecule has 0 aromatic carbocycles. The van der Waals surface area contributed by atoms with Crippen molar-refractivity contribution in [3.63, 3.8) is 0 Å². The van der Waals surface area contributed by atoms with Crippen LogP contribution in [0.2, 0.25) is 0 Å². The second-order valence-electron chi connectivity index (χ2n) is 9.32. The molecular formula is C26H56NO+. The van der Waals surface area contributed by atoms with Crippen LogP contribution in [-0.4, -0.2) is 35.5 Å². The summed E-state index contributed by atoms with van der Waals surface area (Å²) in [6.45, 7) is 12.5. The molecule has 1 atom stereocenters. The van der Waals surface area contributed by atoms with E-state index in [1.165, 1.54) is 135 Å². The van der Waals surface area contributed by atoms with Crippen LogP contribution in [0.3, 0.4) is 0 Å². The molecule has 0 rings (SSSR count). The molecule has 0 aliphatic carbocycles. The Morgan fingerprint density at radius 3 is 0.964 bits per heavy atom. The molecule has 0 saturated heterocycles. The second kappa shape index (κ2) is 20.2. The van der Waals surface area contributed by atoms with Crippen molar-refractivity contribution in [2.24, 2.45) is 0 Å². The highest BCUT2D eigenvalue weighted by atomic mass is 16.3. The quantitative estimate of drug-likeness (QED) is 0.111. The Hall–Kier alpha value is -0.0800. The van der Waals surface area contributed by atoms with Gasteiger partial charge in [0.1, 0.15) is 0 Å². The lowest BCUT2D eigenvalue weighted by molar-refractivity contribution is -0.969. The van der Waals surface area contributed by atoms with Crippen LogP contribution < -0.4 is 0 Å². The molecular weight excluding hydrogens is 342 g/mol. The average molecular weight is 399 g/mol. The lowest BCUT2D eigenvalue weighted by Crippen LogP contribution is -2.56. The van der Waals surface area contributed by atoms with E-state index in [1.54, 1.807) is 0 Å². The largest absolute Gasteiger partial charge is 0.345 e. The molecule has 0 aliphatic rings. The van der Waals surface area contributed by atoms with Crippen LogP contribution in [0, 0.1) is 0 Å². The third kappa shape index (κ3) is 14.9. The van der Waals surface area contributed by atoms with Gasteiger partial charge in [0.2, 0.25) is 0 Å². The van der Waals surface area contributed by atoms with Crippen molar-refractivity contribution >= 4 is 0 Å². The van der Waals surface area contributed by atoms with Crippen molar-refractivity contribution in [2.75, 3.05) is 19.6 Å². The highest BCUT2D eigenvalue weighted by molar-refractivity contribution is 4.54. The van der Waals surface area contributed by atoms with E-state index in [0.29, 0.717) is 0 Å². The van der Waals surface area contributed by atoms with Crippen molar-refractivity contribution in [2.45, 2.75) is 149 Å². The number of quaternary nitrogens is 1. The van der Waals surface area contributed by atoms with Gasteiger partial charge >= 0.3 is 0 Å². The van der Waals surface area contributed by atoms with Gasteiger partial charge in [-0.25, -0.2) is 0 Å². The summed E-state index contributed by atoms with van der Waals surface area (Å²) in [7, 11) is 0. The number of nitrogens with zero attached hydrogens (tertiary/aromatic N) is 1. The van der Waals surface area contributed by atoms with Gasteiger partial charge in [0.25, 0.3) is 0 Å². The molecule has 2 nitrogen and oxygen atoms in total. The van der Waals surface area contributed by atoms with Gasteiger partial charge in [-0.05, 0) is 38.5 Å². The molecule has 0 amide bonds. The molecule has 0 saturated carbocycles. The second-order valence-corrected chi connectivity index (χ2v) is 9.32. The lowest BCUT2D eigenvalue weighted by Gasteiger charge is -2.41. The van der Waals surface area contributed by atoms with Crippen molar-refractivity contribution in [3.05, 3.63) is 0 Å². The van der Waals surface area contributed by atoms with Crippen LogP contribution in [0.4, 0.5) is 0 Å². The number of unbranched alkanes of at least 4 members (excludes halogenated alkanes) is 15. The average Bonchev–Trinajstić information content (AvgIpc) is 2.69. The van der Waals surface area contributed by atoms with Gasteiger partial charge in [0.05, 0.1) is 19.6 Å². The predicted molar refractivity (Wildman–Crippen MR) is 127 cm³/mol. The highest BCUT2D eigenvalue weighted by Crippen LogP contribution is 2.21. The molecule has 1 unspecified atom stereocenters. The maximum absolute atomic E-state index is 10.8. The highest BCUT2D eigenvalue weighted by Gasteiger charge is 2.31. The monoisotopic (exact) mass is 398 g/mol. The van der Waals surface area contributed by atoms with Crippen LogP contribution >= 0.6 is 0 Å². The van der Waals surface area contributed by atoms with E-state index in [-0.39, 0.29) is 6.23 Å². The lowest BCUT2D eigenvalue weighted by atomic mass is 10.1. The number of aliphatic hydroxyl groups is 1. The fraction of sp³-hybridized carbons (Fsp3) is 1.00. The zero-order valence-electron chi connectivity index (χ0n) is 20.3. The molecule has 2 heteroatoms. The third-order valence-corrected chi connectivity index (χ3v) is 6.66. The Morgan fingerprint density at radius 1 is 0.464 bits per heavy atom. The molecule has 0 aromatic heterocycles. The summed E-state index contributed by atoms with van der Waals surface area (Å²) in [6, 6.07) is 0. The van der Waals surface area contributed by atoms with Crippen LogP contribution in [0.15, 0.2) is 0 Å². The first-order chi connectivity index (χ1) is 13.6. The molecule has 0 spiro atoms. The van der Waals surface area contributed by atoms with Crippen LogP contribution in [-0.2, 0) is 0 Å². The molecule has 0 radical (unpaired) electrons. The molecule has 0 fully saturated rings. The SMILES string of the molecule is CCCCCCCC[N+](CCCCCCCC)(CCCCCCCC)C(C)O. The van der Waals surface area contributed by atoms with Gasteiger partial charge in [-0.15, -0.1) is 0 Å². The van der Waals surface area contributed by atoms with Crippen LogP contribution in [0.25, 0.3) is 0 Å². The zero-order valence-corrected chi connectivity index (χ0v) is 20.3. The summed E-state index contributed by atoms with van der Waals surface area (Å²) < 4.78 is 0.968. The zero-order chi connectivity index (χ0) is 20.9. The Bertz CT molecular complexity index is 262. The fourth-order valence-electron chi connectivity index (χ4n) is 4.52. The maximum atomic E-state index is 10.8. The topological polar surface area (TPSA) is 20.2 Å². The first-order valence-electron chi connectivity index (χ1n) is 13.2. The molecule has 28 heavy (non-hydrogen) atoms. The molecule has 0 bridgehead atoms. The van der Waals surface area contributed by atoms with Crippen molar-refractivity contribution < 1.29 is 9.59 Å². The molecule has 0 aromatic rings. The standard InChI is InChI=1S/C26H56NO/c1-5-8-11-14-17-20-23-27(26(4)28,24-21-18-15-12-9-6-2)25-22-19-16-13-10-7-3/h26,28H,5-25H2,1-4H3/q+1. The number of hydrogen-bond donors (Lipinski definition) is 1. The first-order valence-corrected chi connectivity index (χ1v) is 13.2. The minimum absolute atomic E-state index is 0.207. The summed E-state index contributed by atoms with van der Waals surface area (Å²) in [6.07, 6.45) is 24.1. The Balaban J connectivity index is 4.45. The van der Waals surface area contributed by atoms with Gasteiger partial charge in [-0.1, -0.05) is 97.8 Å². The van der Waals surface area contributed by atoms with E-state index in [9.17, 15) is 5.11 Å². The number of aliphatic hydroxyl groups excluding tert-OH is 1. The summed E-state index contributed by atoms with van der Waals surface area (Å²) in [5.74, 6) is 0. The Morgan fingerprint density at radius 2 is 0.714 bits per heavy atom. The van der Waals surface area contributed by atoms with Gasteiger partial charge in [0, 0.05) is 6.92 Å². The Labute approximate surface area is 179 Å². The van der Waals surface area contributed by atoms with Crippen molar-refractivity contribution in [1.82, 2.24) is 0 Å². The molecule has 1 N–H and O–H groups in total. The first kappa shape index (κ1) is 27.9. The summed E-state index contributed by atoms with van der Waals surface area (Å²) in [4.78, 5) is 0. The fourth-order valence-corrected chi connectivity index (χ4v) is 4.52. The van der Waals surface area contributed by atoms with Crippen LogP contribution in [0.1, 0.15) is 143 Å². The third-order valence-electron chi connectivity index (χ3n) is 6.66. The van der Waals surface area contributed by atoms with E-state index < -0.39 is 0 Å². The van der Waals surface area contributed by atoms with Crippen LogP contribution in [0.5, 0.6) is 0 Å². The van der Waals surface area contributed by atoms with Gasteiger partial charge in [0.15, 0.2) is 6.23 Å². The van der Waals surface area contributed by atoms with Gasteiger partial charge in [-0.2, -0.15) is 0 Å².